The minimum atomic E-state index is -0.425. The highest BCUT2D eigenvalue weighted by Gasteiger charge is 2.14. The zero-order valence-corrected chi connectivity index (χ0v) is 17.6. The first-order valence-electron chi connectivity index (χ1n) is 10.3. The fourth-order valence-corrected chi connectivity index (χ4v) is 3.71. The molecule has 3 N–H and O–H groups in total. The van der Waals surface area contributed by atoms with E-state index in [9.17, 15) is 4.79 Å². The number of nitrogens with zero attached hydrogens (tertiary/aromatic N) is 3. The highest BCUT2D eigenvalue weighted by molar-refractivity contribution is 5.81. The van der Waals surface area contributed by atoms with Gasteiger partial charge in [-0.05, 0) is 50.9 Å². The van der Waals surface area contributed by atoms with Crippen LogP contribution in [-0.4, -0.2) is 50.4 Å². The van der Waals surface area contributed by atoms with Gasteiger partial charge in [-0.1, -0.05) is 12.1 Å². The molecule has 0 unspecified atom stereocenters. The van der Waals surface area contributed by atoms with Crippen LogP contribution in [0.15, 0.2) is 45.9 Å². The average Bonchev–Trinajstić information content (AvgIpc) is 3.17. The van der Waals surface area contributed by atoms with E-state index in [0.717, 1.165) is 35.2 Å². The predicted octanol–water partition coefficient (Wildman–Crippen LogP) is 1.99. The van der Waals surface area contributed by atoms with Crippen molar-refractivity contribution >= 4 is 16.6 Å². The Balaban J connectivity index is 1.56. The molecule has 1 aromatic carbocycles. The van der Waals surface area contributed by atoms with Crippen molar-refractivity contribution in [3.8, 4) is 11.3 Å². The SMILES string of the molecule is Cc1cn2cc(-c3cc4ccc(CCCNC(CO)CO)cc4oc3=O)nc2c(C)n1. The number of nitrogens with one attached hydrogen (secondary N) is 1. The zero-order valence-electron chi connectivity index (χ0n) is 17.6. The molecule has 0 atom stereocenters. The van der Waals surface area contributed by atoms with Crippen molar-refractivity contribution in [1.29, 1.82) is 0 Å². The summed E-state index contributed by atoms with van der Waals surface area (Å²) < 4.78 is 7.50. The molecule has 0 spiro atoms. The van der Waals surface area contributed by atoms with Crippen molar-refractivity contribution in [2.45, 2.75) is 32.7 Å². The number of hydrogen-bond acceptors (Lipinski definition) is 7. The highest BCUT2D eigenvalue weighted by atomic mass is 16.4. The molecule has 0 bridgehead atoms. The molecule has 0 saturated heterocycles. The van der Waals surface area contributed by atoms with Crippen molar-refractivity contribution in [1.82, 2.24) is 19.7 Å². The van der Waals surface area contributed by atoms with E-state index in [-0.39, 0.29) is 19.3 Å². The summed E-state index contributed by atoms with van der Waals surface area (Å²) in [7, 11) is 0. The van der Waals surface area contributed by atoms with Crippen molar-refractivity contribution < 1.29 is 14.6 Å². The summed E-state index contributed by atoms with van der Waals surface area (Å²) in [6.45, 7) is 4.30. The number of aryl methyl sites for hydroxylation is 3. The van der Waals surface area contributed by atoms with E-state index in [0.29, 0.717) is 29.0 Å². The summed E-state index contributed by atoms with van der Waals surface area (Å²) in [6.07, 6.45) is 5.32. The summed E-state index contributed by atoms with van der Waals surface area (Å²) in [5, 5.41) is 22.1. The maximum Gasteiger partial charge on any atom is 0.345 e. The quantitative estimate of drug-likeness (QED) is 0.294. The number of benzene rings is 1. The number of rotatable bonds is 8. The molecule has 0 aliphatic carbocycles. The fraction of sp³-hybridized carbons (Fsp3) is 0.348. The lowest BCUT2D eigenvalue weighted by Gasteiger charge is -2.12. The van der Waals surface area contributed by atoms with Gasteiger partial charge < -0.3 is 24.3 Å². The molecule has 162 valence electrons. The van der Waals surface area contributed by atoms with Crippen LogP contribution < -0.4 is 10.9 Å². The molecule has 4 aromatic rings. The van der Waals surface area contributed by atoms with Gasteiger partial charge in [0.1, 0.15) is 5.58 Å². The van der Waals surface area contributed by atoms with Gasteiger partial charge in [-0.3, -0.25) is 4.98 Å². The first kappa shape index (κ1) is 21.2. The monoisotopic (exact) mass is 422 g/mol. The number of aliphatic hydroxyl groups is 2. The second-order valence-electron chi connectivity index (χ2n) is 7.76. The topological polar surface area (TPSA) is 113 Å². The minimum Gasteiger partial charge on any atom is -0.422 e. The predicted molar refractivity (Wildman–Crippen MR) is 118 cm³/mol. The van der Waals surface area contributed by atoms with Crippen LogP contribution in [0.25, 0.3) is 27.9 Å². The molecule has 3 aromatic heterocycles. The first-order chi connectivity index (χ1) is 15.0. The molecular weight excluding hydrogens is 396 g/mol. The summed E-state index contributed by atoms with van der Waals surface area (Å²) in [5.41, 5.74) is 4.55. The van der Waals surface area contributed by atoms with Gasteiger partial charge in [0, 0.05) is 17.8 Å². The highest BCUT2D eigenvalue weighted by Crippen LogP contribution is 2.23. The summed E-state index contributed by atoms with van der Waals surface area (Å²) in [6, 6.07) is 7.37. The van der Waals surface area contributed by atoms with Crippen molar-refractivity contribution in [3.05, 3.63) is 64.0 Å². The molecule has 8 nitrogen and oxygen atoms in total. The van der Waals surface area contributed by atoms with Gasteiger partial charge in [0.05, 0.1) is 41.9 Å². The second kappa shape index (κ2) is 8.97. The number of aliphatic hydroxyl groups excluding tert-OH is 2. The molecular formula is C23H26N4O4. The number of imidazole rings is 1. The Morgan fingerprint density at radius 1 is 1.13 bits per heavy atom. The van der Waals surface area contributed by atoms with Gasteiger partial charge in [0.25, 0.3) is 0 Å². The van der Waals surface area contributed by atoms with Crippen LogP contribution >= 0.6 is 0 Å². The van der Waals surface area contributed by atoms with Crippen molar-refractivity contribution in [3.63, 3.8) is 0 Å². The van der Waals surface area contributed by atoms with Crippen LogP contribution in [0.1, 0.15) is 23.4 Å². The van der Waals surface area contributed by atoms with Gasteiger partial charge in [-0.25, -0.2) is 9.78 Å². The van der Waals surface area contributed by atoms with Crippen LogP contribution in [0.2, 0.25) is 0 Å². The third kappa shape index (κ3) is 4.51. The Labute approximate surface area is 179 Å². The standard InChI is InChI=1S/C23H26N4O4/c1-14-10-27-11-20(26-22(27)15(2)25-14)19-9-17-6-5-16(8-21(17)31-23(19)30)4-3-7-24-18(12-28)13-29/h5-6,8-11,18,24,28-29H,3-4,7,12-13H2,1-2H3. The van der Waals surface area contributed by atoms with Gasteiger partial charge in [0.15, 0.2) is 5.65 Å². The number of fused-ring (bicyclic) bond motifs is 2. The lowest BCUT2D eigenvalue weighted by atomic mass is 10.1. The van der Waals surface area contributed by atoms with Crippen molar-refractivity contribution in [2.24, 2.45) is 0 Å². The number of hydrogen-bond donors (Lipinski definition) is 3. The maximum absolute atomic E-state index is 12.7. The van der Waals surface area contributed by atoms with Crippen LogP contribution in [-0.2, 0) is 6.42 Å². The Kier molecular flexibility index (Phi) is 6.13. The van der Waals surface area contributed by atoms with Crippen LogP contribution in [0.4, 0.5) is 0 Å². The molecule has 3 heterocycles. The minimum absolute atomic E-state index is 0.0953. The van der Waals surface area contributed by atoms with Gasteiger partial charge in [0.2, 0.25) is 0 Å². The third-order valence-electron chi connectivity index (χ3n) is 5.32. The molecule has 8 heteroatoms. The largest absolute Gasteiger partial charge is 0.422 e. The smallest absolute Gasteiger partial charge is 0.345 e. The van der Waals surface area contributed by atoms with E-state index < -0.39 is 5.63 Å². The Bertz CT molecular complexity index is 1270. The Morgan fingerprint density at radius 3 is 2.71 bits per heavy atom. The molecule has 0 amide bonds. The molecule has 0 fully saturated rings. The van der Waals surface area contributed by atoms with E-state index >= 15 is 0 Å². The summed E-state index contributed by atoms with van der Waals surface area (Å²) in [4.78, 5) is 21.7. The van der Waals surface area contributed by atoms with E-state index in [4.69, 9.17) is 14.6 Å². The van der Waals surface area contributed by atoms with Gasteiger partial charge in [-0.2, -0.15) is 0 Å². The maximum atomic E-state index is 12.7. The van der Waals surface area contributed by atoms with E-state index in [1.54, 1.807) is 0 Å². The van der Waals surface area contributed by atoms with Crippen LogP contribution in [0.5, 0.6) is 0 Å². The van der Waals surface area contributed by atoms with E-state index in [2.05, 4.69) is 15.3 Å². The van der Waals surface area contributed by atoms with Crippen LogP contribution in [0, 0.1) is 13.8 Å². The van der Waals surface area contributed by atoms with E-state index in [1.165, 1.54) is 0 Å². The molecule has 0 aliphatic heterocycles. The average molecular weight is 422 g/mol. The van der Waals surface area contributed by atoms with E-state index in [1.807, 2.05) is 54.9 Å². The Hall–Kier alpha value is -3.07. The lowest BCUT2D eigenvalue weighted by molar-refractivity contribution is 0.171. The zero-order chi connectivity index (χ0) is 22.0. The second-order valence-corrected chi connectivity index (χ2v) is 7.76. The molecule has 0 aliphatic rings. The van der Waals surface area contributed by atoms with Gasteiger partial charge in [-0.15, -0.1) is 0 Å². The third-order valence-corrected chi connectivity index (χ3v) is 5.32. The summed E-state index contributed by atoms with van der Waals surface area (Å²) in [5.74, 6) is 0. The van der Waals surface area contributed by atoms with Gasteiger partial charge >= 0.3 is 5.63 Å². The fourth-order valence-electron chi connectivity index (χ4n) is 3.71. The lowest BCUT2D eigenvalue weighted by Crippen LogP contribution is -2.36. The Morgan fingerprint density at radius 2 is 1.94 bits per heavy atom. The molecule has 31 heavy (non-hydrogen) atoms. The number of aromatic nitrogens is 3. The molecule has 4 rings (SSSR count). The normalized spacial score (nSPS) is 11.8. The molecule has 0 saturated carbocycles. The van der Waals surface area contributed by atoms with Crippen molar-refractivity contribution in [2.75, 3.05) is 19.8 Å². The summed E-state index contributed by atoms with van der Waals surface area (Å²) >= 11 is 0. The first-order valence-corrected chi connectivity index (χ1v) is 10.3. The molecule has 0 radical (unpaired) electrons. The van der Waals surface area contributed by atoms with Crippen LogP contribution in [0.3, 0.4) is 0 Å².